The zero-order valence-electron chi connectivity index (χ0n) is 10.6. The number of hydrogen-bond acceptors (Lipinski definition) is 4. The van der Waals surface area contributed by atoms with Crippen LogP contribution in [0.15, 0.2) is 12.1 Å². The van der Waals surface area contributed by atoms with Gasteiger partial charge in [0.05, 0.1) is 23.0 Å². The Kier molecular flexibility index (Phi) is 3.61. The van der Waals surface area contributed by atoms with Gasteiger partial charge in [-0.1, -0.05) is 6.92 Å². The molecule has 2 atom stereocenters. The first-order chi connectivity index (χ1) is 8.90. The lowest BCUT2D eigenvalue weighted by atomic mass is 9.96. The Balaban J connectivity index is 2.31. The van der Waals surface area contributed by atoms with Crippen molar-refractivity contribution in [2.75, 3.05) is 23.7 Å². The molecule has 19 heavy (non-hydrogen) atoms. The molecule has 5 nitrogen and oxygen atoms in total. The standard InChI is InChI=1S/C13H17FN2O3/c1-7-6-16(3-2-12(7)17)11-5-9(14)8(13(18)19)4-10(11)15/h4-5,7,12,17H,2-3,6,15H2,1H3,(H,18,19). The third-order valence-corrected chi connectivity index (χ3v) is 3.55. The van der Waals surface area contributed by atoms with Gasteiger partial charge >= 0.3 is 5.97 Å². The highest BCUT2D eigenvalue weighted by atomic mass is 19.1. The number of benzene rings is 1. The van der Waals surface area contributed by atoms with Gasteiger partial charge < -0.3 is 20.8 Å². The lowest BCUT2D eigenvalue weighted by Crippen LogP contribution is -2.42. The van der Waals surface area contributed by atoms with E-state index >= 15 is 0 Å². The number of halogens is 1. The summed E-state index contributed by atoms with van der Waals surface area (Å²) in [6.07, 6.45) is 0.226. The van der Waals surface area contributed by atoms with Crippen LogP contribution in [0.5, 0.6) is 0 Å². The molecule has 0 aromatic heterocycles. The molecular weight excluding hydrogens is 251 g/mol. The Labute approximate surface area is 110 Å². The smallest absolute Gasteiger partial charge is 0.338 e. The molecule has 2 unspecified atom stereocenters. The fourth-order valence-corrected chi connectivity index (χ4v) is 2.37. The van der Waals surface area contributed by atoms with Crippen molar-refractivity contribution in [3.63, 3.8) is 0 Å². The third-order valence-electron chi connectivity index (χ3n) is 3.55. The molecule has 1 aromatic rings. The van der Waals surface area contributed by atoms with Crippen molar-refractivity contribution < 1.29 is 19.4 Å². The summed E-state index contributed by atoms with van der Waals surface area (Å²) in [6, 6.07) is 2.30. The Morgan fingerprint density at radius 2 is 2.21 bits per heavy atom. The monoisotopic (exact) mass is 268 g/mol. The zero-order valence-corrected chi connectivity index (χ0v) is 10.6. The third kappa shape index (κ3) is 2.63. The maximum Gasteiger partial charge on any atom is 0.338 e. The predicted molar refractivity (Wildman–Crippen MR) is 69.8 cm³/mol. The van der Waals surface area contributed by atoms with Crippen molar-refractivity contribution in [2.24, 2.45) is 5.92 Å². The second-order valence-electron chi connectivity index (χ2n) is 4.98. The first-order valence-corrected chi connectivity index (χ1v) is 6.15. The summed E-state index contributed by atoms with van der Waals surface area (Å²) in [5.41, 5.74) is 6.11. The first-order valence-electron chi connectivity index (χ1n) is 6.15. The van der Waals surface area contributed by atoms with Crippen molar-refractivity contribution in [1.82, 2.24) is 0 Å². The molecule has 0 bridgehead atoms. The summed E-state index contributed by atoms with van der Waals surface area (Å²) >= 11 is 0. The van der Waals surface area contributed by atoms with E-state index in [9.17, 15) is 14.3 Å². The summed E-state index contributed by atoms with van der Waals surface area (Å²) in [7, 11) is 0. The van der Waals surface area contributed by atoms with E-state index in [2.05, 4.69) is 0 Å². The van der Waals surface area contributed by atoms with E-state index in [0.29, 0.717) is 25.2 Å². The van der Waals surface area contributed by atoms with Gasteiger partial charge in [-0.3, -0.25) is 0 Å². The highest BCUT2D eigenvalue weighted by molar-refractivity contribution is 5.91. The molecular formula is C13H17FN2O3. The molecule has 1 aliphatic heterocycles. The average molecular weight is 268 g/mol. The molecule has 6 heteroatoms. The molecule has 0 aliphatic carbocycles. The summed E-state index contributed by atoms with van der Waals surface area (Å²) in [4.78, 5) is 12.7. The minimum Gasteiger partial charge on any atom is -0.478 e. The van der Waals surface area contributed by atoms with Gasteiger partial charge in [0.2, 0.25) is 0 Å². The first kappa shape index (κ1) is 13.6. The molecule has 2 rings (SSSR count). The summed E-state index contributed by atoms with van der Waals surface area (Å²) in [5, 5.41) is 18.5. The number of hydrogen-bond donors (Lipinski definition) is 3. The highest BCUT2D eigenvalue weighted by Crippen LogP contribution is 2.30. The van der Waals surface area contributed by atoms with Crippen LogP contribution in [0.25, 0.3) is 0 Å². The number of rotatable bonds is 2. The molecule has 104 valence electrons. The van der Waals surface area contributed by atoms with Crippen molar-refractivity contribution in [3.05, 3.63) is 23.5 Å². The number of aliphatic hydroxyl groups is 1. The van der Waals surface area contributed by atoms with Gasteiger partial charge in [-0.25, -0.2) is 9.18 Å². The maximum atomic E-state index is 13.7. The van der Waals surface area contributed by atoms with Crippen LogP contribution in [-0.4, -0.2) is 35.4 Å². The van der Waals surface area contributed by atoms with Gasteiger partial charge in [-0.05, 0) is 18.4 Å². The minimum absolute atomic E-state index is 0.0651. The van der Waals surface area contributed by atoms with Crippen LogP contribution >= 0.6 is 0 Å². The number of aliphatic hydroxyl groups excluding tert-OH is 1. The van der Waals surface area contributed by atoms with Crippen LogP contribution < -0.4 is 10.6 Å². The number of carbonyl (C=O) groups is 1. The fourth-order valence-electron chi connectivity index (χ4n) is 2.37. The quantitative estimate of drug-likeness (QED) is 0.704. The van der Waals surface area contributed by atoms with Crippen LogP contribution in [0, 0.1) is 11.7 Å². The van der Waals surface area contributed by atoms with Crippen LogP contribution in [0.4, 0.5) is 15.8 Å². The normalized spacial score (nSPS) is 23.4. The minimum atomic E-state index is -1.34. The summed E-state index contributed by atoms with van der Waals surface area (Å²) in [5.74, 6) is -2.07. The molecule has 0 spiro atoms. The molecule has 0 saturated carbocycles. The van der Waals surface area contributed by atoms with E-state index in [-0.39, 0.29) is 17.7 Å². The maximum absolute atomic E-state index is 13.7. The van der Waals surface area contributed by atoms with Gasteiger partial charge in [-0.2, -0.15) is 0 Å². The molecule has 0 amide bonds. The number of nitrogen functional groups attached to an aromatic ring is 1. The van der Waals surface area contributed by atoms with E-state index < -0.39 is 17.3 Å². The number of carboxylic acid groups (broad SMARTS) is 1. The Hall–Kier alpha value is -1.82. The number of aromatic carboxylic acids is 1. The number of carboxylic acids is 1. The van der Waals surface area contributed by atoms with Crippen molar-refractivity contribution in [2.45, 2.75) is 19.4 Å². The van der Waals surface area contributed by atoms with Crippen LogP contribution in [-0.2, 0) is 0 Å². The Morgan fingerprint density at radius 3 is 2.79 bits per heavy atom. The SMILES string of the molecule is CC1CN(c2cc(F)c(C(=O)O)cc2N)CCC1O. The molecule has 1 fully saturated rings. The molecule has 1 aromatic carbocycles. The van der Waals surface area contributed by atoms with Gasteiger partial charge in [0.1, 0.15) is 5.82 Å². The molecule has 1 saturated heterocycles. The van der Waals surface area contributed by atoms with Gasteiger partial charge in [0, 0.05) is 19.2 Å². The molecule has 4 N–H and O–H groups in total. The fraction of sp³-hybridized carbons (Fsp3) is 0.462. The van der Waals surface area contributed by atoms with Gasteiger partial charge in [-0.15, -0.1) is 0 Å². The highest BCUT2D eigenvalue weighted by Gasteiger charge is 2.26. The molecule has 0 radical (unpaired) electrons. The molecule has 1 aliphatic rings. The molecule has 1 heterocycles. The van der Waals surface area contributed by atoms with Crippen molar-refractivity contribution >= 4 is 17.3 Å². The lowest BCUT2D eigenvalue weighted by Gasteiger charge is -2.36. The lowest BCUT2D eigenvalue weighted by molar-refractivity contribution is 0.0692. The van der Waals surface area contributed by atoms with E-state index in [1.807, 2.05) is 11.8 Å². The second-order valence-corrected chi connectivity index (χ2v) is 4.98. The van der Waals surface area contributed by atoms with E-state index in [0.717, 1.165) is 12.1 Å². The number of nitrogens with two attached hydrogens (primary N) is 1. The van der Waals surface area contributed by atoms with E-state index in [1.54, 1.807) is 0 Å². The predicted octanol–water partition coefficient (Wildman–Crippen LogP) is 1.31. The number of anilines is 2. The van der Waals surface area contributed by atoms with Crippen molar-refractivity contribution in [1.29, 1.82) is 0 Å². The Morgan fingerprint density at radius 1 is 1.53 bits per heavy atom. The summed E-state index contributed by atoms with van der Waals surface area (Å²) in [6.45, 7) is 3.05. The second kappa shape index (κ2) is 5.05. The Bertz CT molecular complexity index is 507. The van der Waals surface area contributed by atoms with E-state index in [4.69, 9.17) is 10.8 Å². The van der Waals surface area contributed by atoms with Crippen LogP contribution in [0.2, 0.25) is 0 Å². The van der Waals surface area contributed by atoms with Crippen LogP contribution in [0.3, 0.4) is 0 Å². The number of piperidine rings is 1. The van der Waals surface area contributed by atoms with Gasteiger partial charge in [0.25, 0.3) is 0 Å². The average Bonchev–Trinajstić information content (AvgIpc) is 2.35. The largest absolute Gasteiger partial charge is 0.478 e. The zero-order chi connectivity index (χ0) is 14.2. The van der Waals surface area contributed by atoms with Crippen molar-refractivity contribution in [3.8, 4) is 0 Å². The number of nitrogens with zero attached hydrogens (tertiary/aromatic N) is 1. The van der Waals surface area contributed by atoms with E-state index in [1.165, 1.54) is 0 Å². The van der Waals surface area contributed by atoms with Crippen LogP contribution in [0.1, 0.15) is 23.7 Å². The van der Waals surface area contributed by atoms with Gasteiger partial charge in [0.15, 0.2) is 0 Å². The summed E-state index contributed by atoms with van der Waals surface area (Å²) < 4.78 is 13.7. The topological polar surface area (TPSA) is 86.8 Å².